The average Bonchev–Trinajstić information content (AvgIpc) is 3.19. The van der Waals surface area contributed by atoms with Crippen LogP contribution in [0.15, 0.2) is 61.4 Å². The molecule has 2 aromatic carbocycles. The molecule has 4 heteroatoms. The molecule has 0 aliphatic rings. The summed E-state index contributed by atoms with van der Waals surface area (Å²) in [5.74, 6) is 0. The normalized spacial score (nSPS) is 11.0. The lowest BCUT2D eigenvalue weighted by Crippen LogP contribution is -1.86. The van der Waals surface area contributed by atoms with Gasteiger partial charge in [-0.1, -0.05) is 36.4 Å². The molecular formula is C16H12N4. The molecule has 4 nitrogen and oxygen atoms in total. The third-order valence-corrected chi connectivity index (χ3v) is 3.48. The molecule has 0 radical (unpaired) electrons. The van der Waals surface area contributed by atoms with Gasteiger partial charge in [-0.3, -0.25) is 0 Å². The van der Waals surface area contributed by atoms with Crippen molar-refractivity contribution in [3.63, 3.8) is 0 Å². The maximum Gasteiger partial charge on any atom is 0.0924 e. The highest BCUT2D eigenvalue weighted by Crippen LogP contribution is 2.34. The van der Waals surface area contributed by atoms with Gasteiger partial charge < -0.3 is 9.97 Å². The van der Waals surface area contributed by atoms with Gasteiger partial charge in [0.2, 0.25) is 0 Å². The van der Waals surface area contributed by atoms with Crippen molar-refractivity contribution < 1.29 is 0 Å². The molecule has 0 spiro atoms. The van der Waals surface area contributed by atoms with Gasteiger partial charge >= 0.3 is 0 Å². The number of aromatic amines is 2. The number of hydrogen-bond donors (Lipinski definition) is 2. The van der Waals surface area contributed by atoms with Crippen LogP contribution in [-0.4, -0.2) is 19.9 Å². The molecule has 0 saturated heterocycles. The molecule has 20 heavy (non-hydrogen) atoms. The number of aromatic nitrogens is 4. The van der Waals surface area contributed by atoms with Crippen molar-refractivity contribution in [2.45, 2.75) is 0 Å². The molecule has 0 bridgehead atoms. The molecular weight excluding hydrogens is 248 g/mol. The Hall–Kier alpha value is -2.88. The van der Waals surface area contributed by atoms with Crippen LogP contribution in [0.2, 0.25) is 0 Å². The Bertz CT molecular complexity index is 776. The van der Waals surface area contributed by atoms with E-state index in [2.05, 4.69) is 56.3 Å². The molecule has 0 fully saturated rings. The largest absolute Gasteiger partial charge is 0.345 e. The van der Waals surface area contributed by atoms with Gasteiger partial charge in [0, 0.05) is 16.5 Å². The van der Waals surface area contributed by atoms with Crippen molar-refractivity contribution in [1.29, 1.82) is 0 Å². The molecule has 2 aromatic heterocycles. The molecule has 2 N–H and O–H groups in total. The van der Waals surface area contributed by atoms with Crippen LogP contribution in [0, 0.1) is 0 Å². The van der Waals surface area contributed by atoms with E-state index in [0.717, 1.165) is 22.5 Å². The van der Waals surface area contributed by atoms with E-state index < -0.39 is 0 Å². The molecule has 96 valence electrons. The van der Waals surface area contributed by atoms with Crippen LogP contribution in [0.1, 0.15) is 0 Å². The van der Waals surface area contributed by atoms with Gasteiger partial charge in [0.25, 0.3) is 0 Å². The van der Waals surface area contributed by atoms with E-state index in [0.29, 0.717) is 0 Å². The lowest BCUT2D eigenvalue weighted by molar-refractivity contribution is 1.31. The van der Waals surface area contributed by atoms with E-state index in [1.807, 2.05) is 12.4 Å². The molecule has 0 aliphatic carbocycles. The van der Waals surface area contributed by atoms with Crippen LogP contribution in [-0.2, 0) is 0 Å². The Kier molecular flexibility index (Phi) is 2.39. The molecule has 4 rings (SSSR count). The second-order valence-corrected chi connectivity index (χ2v) is 4.64. The van der Waals surface area contributed by atoms with Crippen molar-refractivity contribution in [3.05, 3.63) is 61.4 Å². The Morgan fingerprint density at radius 2 is 1.25 bits per heavy atom. The quantitative estimate of drug-likeness (QED) is 0.578. The topological polar surface area (TPSA) is 57.4 Å². The summed E-state index contributed by atoms with van der Waals surface area (Å²) >= 11 is 0. The fraction of sp³-hybridized carbons (Fsp3) is 0. The van der Waals surface area contributed by atoms with Gasteiger partial charge in [-0.15, -0.1) is 0 Å². The Morgan fingerprint density at radius 1 is 0.700 bits per heavy atom. The summed E-state index contributed by atoms with van der Waals surface area (Å²) in [6, 6.07) is 12.6. The predicted octanol–water partition coefficient (Wildman–Crippen LogP) is 3.62. The zero-order chi connectivity index (χ0) is 13.4. The SMILES string of the molecule is c1cc(-c2cnc[nH]2)c2c(-c3cnc[nH]3)cccc2c1. The highest BCUT2D eigenvalue weighted by molar-refractivity contribution is 6.05. The minimum atomic E-state index is 1.02. The second-order valence-electron chi connectivity index (χ2n) is 4.64. The summed E-state index contributed by atoms with van der Waals surface area (Å²) in [4.78, 5) is 14.6. The molecule has 0 atom stereocenters. The first-order valence-electron chi connectivity index (χ1n) is 6.43. The fourth-order valence-corrected chi connectivity index (χ4v) is 2.60. The predicted molar refractivity (Wildman–Crippen MR) is 79.1 cm³/mol. The van der Waals surface area contributed by atoms with E-state index in [1.54, 1.807) is 12.7 Å². The molecule has 0 aliphatic heterocycles. The zero-order valence-corrected chi connectivity index (χ0v) is 10.7. The highest BCUT2D eigenvalue weighted by Gasteiger charge is 2.11. The number of benzene rings is 2. The van der Waals surface area contributed by atoms with Crippen molar-refractivity contribution in [2.75, 3.05) is 0 Å². The van der Waals surface area contributed by atoms with Crippen LogP contribution in [0.4, 0.5) is 0 Å². The van der Waals surface area contributed by atoms with Crippen molar-refractivity contribution in [2.24, 2.45) is 0 Å². The first kappa shape index (κ1) is 11.0. The van der Waals surface area contributed by atoms with E-state index in [1.165, 1.54) is 10.8 Å². The number of H-pyrrole nitrogens is 2. The van der Waals surface area contributed by atoms with Gasteiger partial charge in [-0.2, -0.15) is 0 Å². The molecule has 0 unspecified atom stereocenters. The maximum atomic E-state index is 4.12. The van der Waals surface area contributed by atoms with E-state index in [-0.39, 0.29) is 0 Å². The second kappa shape index (κ2) is 4.35. The van der Waals surface area contributed by atoms with Crippen LogP contribution >= 0.6 is 0 Å². The van der Waals surface area contributed by atoms with E-state index >= 15 is 0 Å². The third kappa shape index (κ3) is 1.62. The number of hydrogen-bond acceptors (Lipinski definition) is 2. The highest BCUT2D eigenvalue weighted by atomic mass is 14.9. The van der Waals surface area contributed by atoms with Gasteiger partial charge in [-0.05, 0) is 5.39 Å². The number of nitrogens with zero attached hydrogens (tertiary/aromatic N) is 2. The van der Waals surface area contributed by atoms with Crippen LogP contribution in [0.3, 0.4) is 0 Å². The number of fused-ring (bicyclic) bond motifs is 1. The van der Waals surface area contributed by atoms with Gasteiger partial charge in [0.05, 0.1) is 36.4 Å². The van der Waals surface area contributed by atoms with Gasteiger partial charge in [0.15, 0.2) is 0 Å². The summed E-state index contributed by atoms with van der Waals surface area (Å²) < 4.78 is 0. The van der Waals surface area contributed by atoms with Gasteiger partial charge in [0.1, 0.15) is 0 Å². The minimum absolute atomic E-state index is 1.02. The summed E-state index contributed by atoms with van der Waals surface area (Å²) in [7, 11) is 0. The van der Waals surface area contributed by atoms with Crippen molar-refractivity contribution >= 4 is 10.8 Å². The van der Waals surface area contributed by atoms with Crippen LogP contribution in [0.5, 0.6) is 0 Å². The van der Waals surface area contributed by atoms with Crippen LogP contribution < -0.4 is 0 Å². The Morgan fingerprint density at radius 3 is 1.70 bits per heavy atom. The Labute approximate surface area is 115 Å². The smallest absolute Gasteiger partial charge is 0.0924 e. The third-order valence-electron chi connectivity index (χ3n) is 3.48. The summed E-state index contributed by atoms with van der Waals surface area (Å²) in [5.41, 5.74) is 4.32. The van der Waals surface area contributed by atoms with Gasteiger partial charge in [-0.25, -0.2) is 9.97 Å². The first-order chi connectivity index (χ1) is 9.93. The summed E-state index contributed by atoms with van der Waals surface area (Å²) in [6.07, 6.45) is 7.09. The molecule has 2 heterocycles. The van der Waals surface area contributed by atoms with Crippen LogP contribution in [0.25, 0.3) is 33.3 Å². The molecule has 0 saturated carbocycles. The first-order valence-corrected chi connectivity index (χ1v) is 6.43. The molecule has 4 aromatic rings. The zero-order valence-electron chi connectivity index (χ0n) is 10.7. The lowest BCUT2D eigenvalue weighted by Gasteiger charge is -2.09. The number of rotatable bonds is 2. The standard InChI is InChI=1S/C16H12N4/c1-3-11-4-2-6-13(15-8-18-10-20-15)16(11)12(5-1)14-7-17-9-19-14/h1-10H,(H,17,19)(H,18,20). The van der Waals surface area contributed by atoms with Crippen molar-refractivity contribution in [3.8, 4) is 22.5 Å². The summed E-state index contributed by atoms with van der Waals surface area (Å²) in [5, 5.41) is 2.40. The fourth-order valence-electron chi connectivity index (χ4n) is 2.60. The molecule has 0 amide bonds. The van der Waals surface area contributed by atoms with Crippen molar-refractivity contribution in [1.82, 2.24) is 19.9 Å². The summed E-state index contributed by atoms with van der Waals surface area (Å²) in [6.45, 7) is 0. The monoisotopic (exact) mass is 260 g/mol. The minimum Gasteiger partial charge on any atom is -0.345 e. The Balaban J connectivity index is 2.11. The number of imidazole rings is 2. The maximum absolute atomic E-state index is 4.12. The average molecular weight is 260 g/mol. The van der Waals surface area contributed by atoms with E-state index in [4.69, 9.17) is 0 Å². The number of nitrogens with one attached hydrogen (secondary N) is 2. The lowest BCUT2D eigenvalue weighted by atomic mass is 9.96. The van der Waals surface area contributed by atoms with E-state index in [9.17, 15) is 0 Å².